The van der Waals surface area contributed by atoms with Crippen molar-refractivity contribution in [3.63, 3.8) is 0 Å². The van der Waals surface area contributed by atoms with Crippen molar-refractivity contribution in [1.29, 1.82) is 0 Å². The van der Waals surface area contributed by atoms with E-state index in [1.165, 1.54) is 19.3 Å². The predicted octanol–water partition coefficient (Wildman–Crippen LogP) is 2.45. The van der Waals surface area contributed by atoms with Crippen LogP contribution in [0.2, 0.25) is 0 Å². The average Bonchev–Trinajstić information content (AvgIpc) is 2.24. The molecule has 4 heteroatoms. The number of nitrogens with two attached hydrogens (primary N) is 1. The van der Waals surface area contributed by atoms with E-state index in [4.69, 9.17) is 18.0 Å². The number of thiocarbonyl (C=S) groups is 1. The molecule has 1 aromatic rings. The number of benzene rings is 1. The van der Waals surface area contributed by atoms with E-state index in [-0.39, 0.29) is 5.91 Å². The van der Waals surface area contributed by atoms with Gasteiger partial charge in [-0.25, -0.2) is 0 Å². The summed E-state index contributed by atoms with van der Waals surface area (Å²) < 4.78 is 0. The van der Waals surface area contributed by atoms with Crippen LogP contribution in [-0.2, 0) is 4.79 Å². The third kappa shape index (κ3) is 3.27. The molecule has 1 aliphatic rings. The van der Waals surface area contributed by atoms with Crippen LogP contribution in [0.5, 0.6) is 0 Å². The van der Waals surface area contributed by atoms with Crippen molar-refractivity contribution in [2.45, 2.75) is 25.7 Å². The Morgan fingerprint density at radius 3 is 2.82 bits per heavy atom. The summed E-state index contributed by atoms with van der Waals surface area (Å²) in [5.41, 5.74) is 7.09. The molecule has 0 bridgehead atoms. The summed E-state index contributed by atoms with van der Waals surface area (Å²) in [5, 5.41) is 2.88. The molecular weight excluding hydrogens is 232 g/mol. The Kier molecular flexibility index (Phi) is 3.74. The number of carbonyl (C=O) groups excluding carboxylic acids is 1. The topological polar surface area (TPSA) is 55.1 Å². The lowest BCUT2D eigenvalue weighted by molar-refractivity contribution is -0.117. The van der Waals surface area contributed by atoms with Crippen molar-refractivity contribution in [2.75, 3.05) is 5.32 Å². The second-order valence-electron chi connectivity index (χ2n) is 4.49. The SMILES string of the molecule is NC(=S)c1cccc(NC(=O)CC2CCC2)c1. The molecule has 1 fully saturated rings. The Morgan fingerprint density at radius 1 is 1.47 bits per heavy atom. The molecule has 90 valence electrons. The molecule has 2 rings (SSSR count). The van der Waals surface area contributed by atoms with E-state index in [0.717, 1.165) is 11.3 Å². The highest BCUT2D eigenvalue weighted by molar-refractivity contribution is 7.80. The lowest BCUT2D eigenvalue weighted by atomic mass is 9.83. The molecular formula is C13H16N2OS. The summed E-state index contributed by atoms with van der Waals surface area (Å²) in [6.07, 6.45) is 4.24. The summed E-state index contributed by atoms with van der Waals surface area (Å²) in [6, 6.07) is 7.33. The number of rotatable bonds is 4. The van der Waals surface area contributed by atoms with Crippen molar-refractivity contribution in [2.24, 2.45) is 11.7 Å². The van der Waals surface area contributed by atoms with Crippen molar-refractivity contribution in [3.8, 4) is 0 Å². The van der Waals surface area contributed by atoms with Gasteiger partial charge in [-0.1, -0.05) is 30.8 Å². The minimum absolute atomic E-state index is 0.0785. The van der Waals surface area contributed by atoms with Gasteiger partial charge in [0, 0.05) is 17.7 Å². The highest BCUT2D eigenvalue weighted by atomic mass is 32.1. The van der Waals surface area contributed by atoms with Gasteiger partial charge in [-0.2, -0.15) is 0 Å². The molecule has 0 unspecified atom stereocenters. The van der Waals surface area contributed by atoms with Gasteiger partial charge < -0.3 is 11.1 Å². The first-order chi connectivity index (χ1) is 8.15. The summed E-state index contributed by atoms with van der Waals surface area (Å²) >= 11 is 4.90. The van der Waals surface area contributed by atoms with E-state index in [1.807, 2.05) is 18.2 Å². The Labute approximate surface area is 106 Å². The van der Waals surface area contributed by atoms with Crippen molar-refractivity contribution < 1.29 is 4.79 Å². The third-order valence-electron chi connectivity index (χ3n) is 3.13. The van der Waals surface area contributed by atoms with Crippen LogP contribution in [0.15, 0.2) is 24.3 Å². The van der Waals surface area contributed by atoms with Crippen molar-refractivity contribution >= 4 is 28.8 Å². The van der Waals surface area contributed by atoms with Crippen LogP contribution < -0.4 is 11.1 Å². The fourth-order valence-electron chi connectivity index (χ4n) is 1.92. The number of anilines is 1. The maximum Gasteiger partial charge on any atom is 0.224 e. The van der Waals surface area contributed by atoms with Crippen LogP contribution in [0.4, 0.5) is 5.69 Å². The van der Waals surface area contributed by atoms with Gasteiger partial charge in [0.1, 0.15) is 4.99 Å². The van der Waals surface area contributed by atoms with E-state index in [9.17, 15) is 4.79 Å². The molecule has 0 heterocycles. The zero-order chi connectivity index (χ0) is 12.3. The molecule has 0 atom stereocenters. The highest BCUT2D eigenvalue weighted by Crippen LogP contribution is 2.29. The molecule has 1 amide bonds. The summed E-state index contributed by atoms with van der Waals surface area (Å²) in [7, 11) is 0. The van der Waals surface area contributed by atoms with Crippen LogP contribution in [0.1, 0.15) is 31.2 Å². The van der Waals surface area contributed by atoms with E-state index < -0.39 is 0 Å². The average molecular weight is 248 g/mol. The van der Waals surface area contributed by atoms with Crippen LogP contribution in [-0.4, -0.2) is 10.9 Å². The lowest BCUT2D eigenvalue weighted by Crippen LogP contribution is -2.21. The first kappa shape index (κ1) is 12.0. The molecule has 0 spiro atoms. The zero-order valence-electron chi connectivity index (χ0n) is 9.61. The quantitative estimate of drug-likeness (QED) is 0.805. The molecule has 0 radical (unpaired) electrons. The number of amides is 1. The summed E-state index contributed by atoms with van der Waals surface area (Å²) in [4.78, 5) is 12.1. The number of carbonyl (C=O) groups is 1. The van der Waals surface area contributed by atoms with Crippen LogP contribution in [0, 0.1) is 5.92 Å². The summed E-state index contributed by atoms with van der Waals surface area (Å²) in [5.74, 6) is 0.656. The van der Waals surface area contributed by atoms with E-state index >= 15 is 0 Å². The molecule has 0 aromatic heterocycles. The molecule has 1 aromatic carbocycles. The predicted molar refractivity (Wildman–Crippen MR) is 72.9 cm³/mol. The molecule has 3 N–H and O–H groups in total. The lowest BCUT2D eigenvalue weighted by Gasteiger charge is -2.24. The molecule has 0 aliphatic heterocycles. The Bertz CT molecular complexity index is 441. The van der Waals surface area contributed by atoms with Gasteiger partial charge >= 0.3 is 0 Å². The second kappa shape index (κ2) is 5.27. The normalized spacial score (nSPS) is 15.1. The fraction of sp³-hybridized carbons (Fsp3) is 0.385. The third-order valence-corrected chi connectivity index (χ3v) is 3.37. The van der Waals surface area contributed by atoms with Crippen LogP contribution in [0.25, 0.3) is 0 Å². The van der Waals surface area contributed by atoms with Crippen molar-refractivity contribution in [1.82, 2.24) is 0 Å². The number of hydrogen-bond acceptors (Lipinski definition) is 2. The first-order valence-electron chi connectivity index (χ1n) is 5.85. The van der Waals surface area contributed by atoms with Crippen LogP contribution in [0.3, 0.4) is 0 Å². The number of nitrogens with one attached hydrogen (secondary N) is 1. The first-order valence-corrected chi connectivity index (χ1v) is 6.25. The van der Waals surface area contributed by atoms with Gasteiger partial charge in [0.2, 0.25) is 5.91 Å². The number of hydrogen-bond donors (Lipinski definition) is 2. The maximum atomic E-state index is 11.7. The van der Waals surface area contributed by atoms with Gasteiger partial charge in [0.15, 0.2) is 0 Å². The minimum Gasteiger partial charge on any atom is -0.389 e. The van der Waals surface area contributed by atoms with Crippen molar-refractivity contribution in [3.05, 3.63) is 29.8 Å². The van der Waals surface area contributed by atoms with Gasteiger partial charge in [0.25, 0.3) is 0 Å². The fourth-order valence-corrected chi connectivity index (χ4v) is 2.05. The Hall–Kier alpha value is -1.42. The molecule has 17 heavy (non-hydrogen) atoms. The molecule has 1 saturated carbocycles. The smallest absolute Gasteiger partial charge is 0.224 e. The van der Waals surface area contributed by atoms with Crippen LogP contribution >= 0.6 is 12.2 Å². The van der Waals surface area contributed by atoms with Gasteiger partial charge in [0.05, 0.1) is 0 Å². The zero-order valence-corrected chi connectivity index (χ0v) is 10.4. The Balaban J connectivity index is 1.95. The Morgan fingerprint density at radius 2 is 2.24 bits per heavy atom. The van der Waals surface area contributed by atoms with Gasteiger partial charge in [-0.15, -0.1) is 0 Å². The monoisotopic (exact) mass is 248 g/mol. The van der Waals surface area contributed by atoms with Gasteiger partial charge in [-0.3, -0.25) is 4.79 Å². The largest absolute Gasteiger partial charge is 0.389 e. The second-order valence-corrected chi connectivity index (χ2v) is 4.93. The molecule has 3 nitrogen and oxygen atoms in total. The molecule has 1 aliphatic carbocycles. The highest BCUT2D eigenvalue weighted by Gasteiger charge is 2.20. The van der Waals surface area contributed by atoms with E-state index in [1.54, 1.807) is 6.07 Å². The van der Waals surface area contributed by atoms with E-state index in [2.05, 4.69) is 5.32 Å². The summed E-state index contributed by atoms with van der Waals surface area (Å²) in [6.45, 7) is 0. The van der Waals surface area contributed by atoms with E-state index in [0.29, 0.717) is 17.3 Å². The maximum absolute atomic E-state index is 11.7. The minimum atomic E-state index is 0.0785. The molecule has 0 saturated heterocycles. The standard InChI is InChI=1S/C13H16N2OS/c14-13(17)10-5-2-6-11(8-10)15-12(16)7-9-3-1-4-9/h2,5-6,8-9H,1,3-4,7H2,(H2,14,17)(H,15,16). The van der Waals surface area contributed by atoms with Gasteiger partial charge in [-0.05, 0) is 30.9 Å².